The lowest BCUT2D eigenvalue weighted by Gasteiger charge is -2.13. The van der Waals surface area contributed by atoms with Crippen LogP contribution in [0, 0.1) is 0 Å². The second-order valence-electron chi connectivity index (χ2n) is 7.05. The van der Waals surface area contributed by atoms with Crippen molar-refractivity contribution in [2.75, 3.05) is 31.4 Å². The first kappa shape index (κ1) is 21.6. The summed E-state index contributed by atoms with van der Waals surface area (Å²) in [7, 11) is 5.49. The van der Waals surface area contributed by atoms with Crippen molar-refractivity contribution in [3.63, 3.8) is 0 Å². The van der Waals surface area contributed by atoms with Crippen molar-refractivity contribution in [2.24, 2.45) is 0 Å². The Morgan fingerprint density at radius 3 is 2.10 bits per heavy atom. The second kappa shape index (κ2) is 10.1. The van der Waals surface area contributed by atoms with E-state index in [1.807, 2.05) is 49.3 Å². The molecule has 0 aliphatic heterocycles. The van der Waals surface area contributed by atoms with E-state index in [2.05, 4.69) is 10.6 Å². The van der Waals surface area contributed by atoms with Gasteiger partial charge >= 0.3 is 0 Å². The maximum Gasteiger partial charge on any atom is 0.272 e. The van der Waals surface area contributed by atoms with Crippen LogP contribution < -0.4 is 20.3 Å². The highest BCUT2D eigenvalue weighted by Crippen LogP contribution is 2.17. The van der Waals surface area contributed by atoms with Crippen LogP contribution in [-0.4, -0.2) is 33.0 Å². The van der Waals surface area contributed by atoms with Gasteiger partial charge in [-0.2, -0.15) is 0 Å². The third-order valence-electron chi connectivity index (χ3n) is 4.60. The summed E-state index contributed by atoms with van der Waals surface area (Å²) in [4.78, 5) is 27.6. The van der Waals surface area contributed by atoms with Crippen LogP contribution in [0.1, 0.15) is 15.9 Å². The molecule has 0 fully saturated rings. The van der Waals surface area contributed by atoms with Gasteiger partial charge in [-0.15, -0.1) is 0 Å². The number of nitrogens with one attached hydrogen (secondary N) is 2. The molecule has 0 atom stereocenters. The maximum atomic E-state index is 13.0. The van der Waals surface area contributed by atoms with Gasteiger partial charge in [-0.1, -0.05) is 30.3 Å². The zero-order valence-electron chi connectivity index (χ0n) is 17.8. The number of amides is 2. The van der Waals surface area contributed by atoms with Crippen LogP contribution >= 0.6 is 0 Å². The Bertz CT molecular complexity index is 1060. The van der Waals surface area contributed by atoms with Crippen LogP contribution in [0.15, 0.2) is 84.6 Å². The molecule has 31 heavy (non-hydrogen) atoms. The van der Waals surface area contributed by atoms with E-state index in [1.165, 1.54) is 0 Å². The van der Waals surface area contributed by atoms with E-state index in [1.54, 1.807) is 61.7 Å². The molecule has 0 spiro atoms. The van der Waals surface area contributed by atoms with Gasteiger partial charge in [-0.05, 0) is 60.2 Å². The molecule has 2 N–H and O–H groups in total. The molecule has 0 bridgehead atoms. The zero-order valence-corrected chi connectivity index (χ0v) is 17.8. The molecule has 0 aliphatic carbocycles. The van der Waals surface area contributed by atoms with Crippen molar-refractivity contribution in [1.82, 2.24) is 5.32 Å². The number of hydrogen-bond acceptors (Lipinski definition) is 4. The third kappa shape index (κ3) is 5.96. The van der Waals surface area contributed by atoms with E-state index >= 15 is 0 Å². The number of carbonyl (C=O) groups is 2. The van der Waals surface area contributed by atoms with Gasteiger partial charge in [0, 0.05) is 31.0 Å². The van der Waals surface area contributed by atoms with Crippen molar-refractivity contribution >= 4 is 29.3 Å². The zero-order chi connectivity index (χ0) is 22.2. The van der Waals surface area contributed by atoms with Gasteiger partial charge in [-0.25, -0.2) is 0 Å². The molecule has 0 unspecified atom stereocenters. The van der Waals surface area contributed by atoms with Gasteiger partial charge in [0.05, 0.1) is 7.11 Å². The van der Waals surface area contributed by atoms with Gasteiger partial charge < -0.3 is 20.3 Å². The fraction of sp³-hybridized carbons (Fsp3) is 0.120. The van der Waals surface area contributed by atoms with E-state index in [0.29, 0.717) is 17.0 Å². The molecule has 0 aliphatic rings. The minimum absolute atomic E-state index is 0.141. The lowest BCUT2D eigenvalue weighted by Crippen LogP contribution is -2.30. The number of carbonyl (C=O) groups excluding carboxylic acids is 2. The van der Waals surface area contributed by atoms with Crippen LogP contribution in [0.5, 0.6) is 5.75 Å². The van der Waals surface area contributed by atoms with E-state index < -0.39 is 5.91 Å². The van der Waals surface area contributed by atoms with Crippen LogP contribution in [0.4, 0.5) is 11.4 Å². The molecule has 3 rings (SSSR count). The number of hydrogen-bond donors (Lipinski definition) is 2. The standard InChI is InChI=1S/C25H25N3O3/c1-28(2)21-13-9-18(10-14-21)17-23(27-24(29)19-7-5-4-6-8-19)25(30)26-20-11-15-22(31-3)16-12-20/h4-17H,1-3H3,(H,26,30)(H,27,29)/b23-17-. The Morgan fingerprint density at radius 1 is 0.871 bits per heavy atom. The number of rotatable bonds is 7. The summed E-state index contributed by atoms with van der Waals surface area (Å²) in [5, 5.41) is 5.55. The summed E-state index contributed by atoms with van der Waals surface area (Å²) >= 11 is 0. The second-order valence-corrected chi connectivity index (χ2v) is 7.05. The molecule has 3 aromatic rings. The molecule has 0 heterocycles. The number of methoxy groups -OCH3 is 1. The molecule has 0 radical (unpaired) electrons. The summed E-state index contributed by atoms with van der Waals surface area (Å²) < 4.78 is 5.14. The molecule has 158 valence electrons. The van der Waals surface area contributed by atoms with Crippen LogP contribution in [-0.2, 0) is 4.79 Å². The number of anilines is 2. The molecule has 6 heteroatoms. The molecular formula is C25H25N3O3. The molecule has 6 nitrogen and oxygen atoms in total. The minimum Gasteiger partial charge on any atom is -0.497 e. The molecule has 0 aromatic heterocycles. The van der Waals surface area contributed by atoms with Crippen molar-refractivity contribution in [1.29, 1.82) is 0 Å². The lowest BCUT2D eigenvalue weighted by molar-refractivity contribution is -0.113. The number of benzene rings is 3. The normalized spacial score (nSPS) is 10.9. The van der Waals surface area contributed by atoms with Crippen LogP contribution in [0.25, 0.3) is 6.08 Å². The van der Waals surface area contributed by atoms with Crippen LogP contribution in [0.3, 0.4) is 0 Å². The highest BCUT2D eigenvalue weighted by atomic mass is 16.5. The third-order valence-corrected chi connectivity index (χ3v) is 4.60. The van der Waals surface area contributed by atoms with Crippen molar-refractivity contribution < 1.29 is 14.3 Å². The Balaban J connectivity index is 1.86. The minimum atomic E-state index is -0.425. The van der Waals surface area contributed by atoms with Crippen molar-refractivity contribution in [2.45, 2.75) is 0 Å². The van der Waals surface area contributed by atoms with E-state index in [0.717, 1.165) is 11.3 Å². The summed E-state index contributed by atoms with van der Waals surface area (Å²) in [6.45, 7) is 0. The average Bonchev–Trinajstić information content (AvgIpc) is 2.80. The van der Waals surface area contributed by atoms with Crippen LogP contribution in [0.2, 0.25) is 0 Å². The van der Waals surface area contributed by atoms with E-state index in [-0.39, 0.29) is 11.6 Å². The topological polar surface area (TPSA) is 70.7 Å². The van der Waals surface area contributed by atoms with Gasteiger partial charge in [0.1, 0.15) is 11.4 Å². The Hall–Kier alpha value is -4.06. The van der Waals surface area contributed by atoms with E-state index in [9.17, 15) is 9.59 Å². The molecule has 0 saturated heterocycles. The highest BCUT2D eigenvalue weighted by Gasteiger charge is 2.15. The smallest absolute Gasteiger partial charge is 0.272 e. The first-order valence-corrected chi connectivity index (χ1v) is 9.77. The molecule has 0 saturated carbocycles. The maximum absolute atomic E-state index is 13.0. The summed E-state index contributed by atoms with van der Waals surface area (Å²) in [6, 6.07) is 23.4. The molecular weight excluding hydrogens is 390 g/mol. The summed E-state index contributed by atoms with van der Waals surface area (Å²) in [5.74, 6) is -0.0973. The summed E-state index contributed by atoms with van der Waals surface area (Å²) in [6.07, 6.45) is 1.65. The Morgan fingerprint density at radius 2 is 1.52 bits per heavy atom. The lowest BCUT2D eigenvalue weighted by atomic mass is 10.1. The van der Waals surface area contributed by atoms with Gasteiger partial charge in [0.2, 0.25) is 0 Å². The largest absolute Gasteiger partial charge is 0.497 e. The summed E-state index contributed by atoms with van der Waals surface area (Å²) in [5.41, 5.74) is 3.03. The first-order chi connectivity index (χ1) is 15.0. The molecule has 3 aromatic carbocycles. The Labute approximate surface area is 182 Å². The molecule has 2 amide bonds. The predicted octanol–water partition coefficient (Wildman–Crippen LogP) is 4.17. The van der Waals surface area contributed by atoms with Gasteiger partial charge in [0.15, 0.2) is 0 Å². The number of ether oxygens (including phenoxy) is 1. The van der Waals surface area contributed by atoms with Gasteiger partial charge in [0.25, 0.3) is 11.8 Å². The highest BCUT2D eigenvalue weighted by molar-refractivity contribution is 6.10. The predicted molar refractivity (Wildman–Crippen MR) is 124 cm³/mol. The number of nitrogens with zero attached hydrogens (tertiary/aromatic N) is 1. The van der Waals surface area contributed by atoms with E-state index in [4.69, 9.17) is 4.74 Å². The monoisotopic (exact) mass is 415 g/mol. The first-order valence-electron chi connectivity index (χ1n) is 9.77. The van der Waals surface area contributed by atoms with Crippen molar-refractivity contribution in [3.05, 3.63) is 95.7 Å². The quantitative estimate of drug-likeness (QED) is 0.568. The Kier molecular flexibility index (Phi) is 7.06. The SMILES string of the molecule is COc1ccc(NC(=O)/C(=C/c2ccc(N(C)C)cc2)NC(=O)c2ccccc2)cc1. The van der Waals surface area contributed by atoms with Gasteiger partial charge in [-0.3, -0.25) is 9.59 Å². The fourth-order valence-corrected chi connectivity index (χ4v) is 2.85. The van der Waals surface area contributed by atoms with Crippen molar-refractivity contribution in [3.8, 4) is 5.75 Å². The fourth-order valence-electron chi connectivity index (χ4n) is 2.85. The average molecular weight is 415 g/mol.